The Kier molecular flexibility index (Phi) is 4.47. The van der Waals surface area contributed by atoms with E-state index in [4.69, 9.17) is 0 Å². The minimum Gasteiger partial charge on any atom is -0.311 e. The maximum Gasteiger partial charge on any atom is 0.212 e. The lowest BCUT2D eigenvalue weighted by Crippen LogP contribution is -2.40. The summed E-state index contributed by atoms with van der Waals surface area (Å²) in [5.74, 6) is 0.519. The van der Waals surface area contributed by atoms with E-state index in [0.717, 1.165) is 17.7 Å². The van der Waals surface area contributed by atoms with Crippen molar-refractivity contribution < 1.29 is 8.42 Å². The van der Waals surface area contributed by atoms with Gasteiger partial charge in [-0.3, -0.25) is 0 Å². The fraction of sp³-hybridized carbons (Fsp3) is 0.333. The molecule has 0 bridgehead atoms. The van der Waals surface area contributed by atoms with Gasteiger partial charge in [0.1, 0.15) is 5.82 Å². The highest BCUT2D eigenvalue weighted by atomic mass is 32.2. The van der Waals surface area contributed by atoms with E-state index in [1.807, 2.05) is 24.3 Å². The normalized spacial score (nSPS) is 17.9. The molecule has 3 rings (SSSR count). The summed E-state index contributed by atoms with van der Waals surface area (Å²) in [7, 11) is -3.39. The predicted octanol–water partition coefficient (Wildman–Crippen LogP) is 0.783. The molecule has 0 fully saturated rings. The molecule has 1 aliphatic rings. The standard InChI is InChI=1S/C15H18N4O2S/c20-22(21,9-6-15-17-7-3-8-18-15)19-14-11-16-10-12-4-1-2-5-13(12)14/h1-5,7-8,14,16,19H,6,9-11H2. The highest BCUT2D eigenvalue weighted by Crippen LogP contribution is 2.22. The van der Waals surface area contributed by atoms with E-state index in [-0.39, 0.29) is 11.8 Å². The Balaban J connectivity index is 1.67. The first-order chi connectivity index (χ1) is 10.6. The second kappa shape index (κ2) is 6.51. The summed E-state index contributed by atoms with van der Waals surface area (Å²) in [6.07, 6.45) is 3.53. The number of nitrogens with one attached hydrogen (secondary N) is 2. The van der Waals surface area contributed by atoms with Gasteiger partial charge in [-0.1, -0.05) is 24.3 Å². The SMILES string of the molecule is O=S(=O)(CCc1ncccn1)NC1CNCc2ccccc21. The molecule has 0 spiro atoms. The zero-order chi connectivity index (χ0) is 15.4. The zero-order valence-corrected chi connectivity index (χ0v) is 12.9. The van der Waals surface area contributed by atoms with Crippen molar-refractivity contribution in [3.05, 3.63) is 59.7 Å². The molecule has 1 atom stereocenters. The van der Waals surface area contributed by atoms with Crippen LogP contribution < -0.4 is 10.0 Å². The Morgan fingerprint density at radius 1 is 1.18 bits per heavy atom. The van der Waals surface area contributed by atoms with Crippen LogP contribution in [0.1, 0.15) is 23.0 Å². The van der Waals surface area contributed by atoms with E-state index < -0.39 is 10.0 Å². The number of hydrogen-bond acceptors (Lipinski definition) is 5. The van der Waals surface area contributed by atoms with Crippen LogP contribution in [-0.2, 0) is 23.0 Å². The Morgan fingerprint density at radius 3 is 2.77 bits per heavy atom. The van der Waals surface area contributed by atoms with Crippen molar-refractivity contribution in [2.45, 2.75) is 19.0 Å². The fourth-order valence-corrected chi connectivity index (χ4v) is 3.77. The van der Waals surface area contributed by atoms with Gasteiger partial charge < -0.3 is 5.32 Å². The molecule has 1 aromatic heterocycles. The van der Waals surface area contributed by atoms with Crippen LogP contribution in [0.4, 0.5) is 0 Å². The summed E-state index contributed by atoms with van der Waals surface area (Å²) in [6, 6.07) is 9.37. The number of rotatable bonds is 5. The molecule has 1 aliphatic heterocycles. The maximum absolute atomic E-state index is 12.3. The summed E-state index contributed by atoms with van der Waals surface area (Å²) in [5, 5.41) is 3.24. The molecule has 6 nitrogen and oxygen atoms in total. The van der Waals surface area contributed by atoms with E-state index in [9.17, 15) is 8.42 Å². The van der Waals surface area contributed by atoms with Crippen LogP contribution in [0, 0.1) is 0 Å². The van der Waals surface area contributed by atoms with Crippen LogP contribution >= 0.6 is 0 Å². The molecule has 0 amide bonds. The highest BCUT2D eigenvalue weighted by molar-refractivity contribution is 7.89. The largest absolute Gasteiger partial charge is 0.311 e. The van der Waals surface area contributed by atoms with Gasteiger partial charge in [-0.05, 0) is 17.2 Å². The van der Waals surface area contributed by atoms with Crippen molar-refractivity contribution in [1.29, 1.82) is 0 Å². The van der Waals surface area contributed by atoms with Crippen LogP contribution in [0.25, 0.3) is 0 Å². The molecule has 0 radical (unpaired) electrons. The monoisotopic (exact) mass is 318 g/mol. The van der Waals surface area contributed by atoms with Crippen LogP contribution in [0.15, 0.2) is 42.7 Å². The van der Waals surface area contributed by atoms with E-state index in [1.54, 1.807) is 18.5 Å². The Hall–Kier alpha value is -1.83. The van der Waals surface area contributed by atoms with Gasteiger partial charge >= 0.3 is 0 Å². The number of fused-ring (bicyclic) bond motifs is 1. The van der Waals surface area contributed by atoms with Gasteiger partial charge in [0.25, 0.3) is 0 Å². The van der Waals surface area contributed by atoms with Crippen molar-refractivity contribution in [1.82, 2.24) is 20.0 Å². The first kappa shape index (κ1) is 15.1. The lowest BCUT2D eigenvalue weighted by atomic mass is 9.98. The third-order valence-corrected chi connectivity index (χ3v) is 5.02. The van der Waals surface area contributed by atoms with Crippen LogP contribution in [0.2, 0.25) is 0 Å². The molecular weight excluding hydrogens is 300 g/mol. The molecule has 0 saturated heterocycles. The van der Waals surface area contributed by atoms with Crippen LogP contribution in [-0.4, -0.2) is 30.7 Å². The lowest BCUT2D eigenvalue weighted by Gasteiger charge is -2.27. The molecule has 0 aliphatic carbocycles. The fourth-order valence-electron chi connectivity index (χ4n) is 2.56. The van der Waals surface area contributed by atoms with Gasteiger partial charge in [-0.15, -0.1) is 0 Å². The minimum atomic E-state index is -3.39. The van der Waals surface area contributed by atoms with E-state index in [2.05, 4.69) is 20.0 Å². The average Bonchev–Trinajstić information content (AvgIpc) is 2.54. The van der Waals surface area contributed by atoms with Crippen LogP contribution in [0.3, 0.4) is 0 Å². The Bertz CT molecular complexity index is 734. The van der Waals surface area contributed by atoms with Crippen LogP contribution in [0.5, 0.6) is 0 Å². The quantitative estimate of drug-likeness (QED) is 0.851. The van der Waals surface area contributed by atoms with Crippen molar-refractivity contribution in [2.24, 2.45) is 0 Å². The van der Waals surface area contributed by atoms with Crippen molar-refractivity contribution >= 4 is 10.0 Å². The smallest absolute Gasteiger partial charge is 0.212 e. The summed E-state index contributed by atoms with van der Waals surface area (Å²) < 4.78 is 27.4. The van der Waals surface area contributed by atoms with E-state index in [1.165, 1.54) is 0 Å². The van der Waals surface area contributed by atoms with Gasteiger partial charge in [-0.2, -0.15) is 0 Å². The van der Waals surface area contributed by atoms with Gasteiger partial charge in [-0.25, -0.2) is 23.1 Å². The summed E-state index contributed by atoms with van der Waals surface area (Å²) in [5.41, 5.74) is 2.17. The number of hydrogen-bond donors (Lipinski definition) is 2. The summed E-state index contributed by atoms with van der Waals surface area (Å²) >= 11 is 0. The Labute approximate surface area is 130 Å². The number of nitrogens with zero attached hydrogens (tertiary/aromatic N) is 2. The third-order valence-electron chi connectivity index (χ3n) is 3.63. The van der Waals surface area contributed by atoms with Gasteiger partial charge in [0, 0.05) is 31.9 Å². The number of benzene rings is 1. The first-order valence-electron chi connectivity index (χ1n) is 7.18. The predicted molar refractivity (Wildman–Crippen MR) is 83.5 cm³/mol. The zero-order valence-electron chi connectivity index (χ0n) is 12.1. The highest BCUT2D eigenvalue weighted by Gasteiger charge is 2.24. The average molecular weight is 318 g/mol. The molecule has 7 heteroatoms. The van der Waals surface area contributed by atoms with Gasteiger partial charge in [0.2, 0.25) is 10.0 Å². The molecule has 22 heavy (non-hydrogen) atoms. The van der Waals surface area contributed by atoms with Gasteiger partial charge in [0.15, 0.2) is 0 Å². The van der Waals surface area contributed by atoms with Crippen molar-refractivity contribution in [2.75, 3.05) is 12.3 Å². The molecule has 116 valence electrons. The number of sulfonamides is 1. The second-order valence-corrected chi connectivity index (χ2v) is 7.11. The molecule has 0 saturated carbocycles. The Morgan fingerprint density at radius 2 is 1.95 bits per heavy atom. The van der Waals surface area contributed by atoms with Gasteiger partial charge in [0.05, 0.1) is 11.8 Å². The number of aryl methyl sites for hydroxylation is 1. The summed E-state index contributed by atoms with van der Waals surface area (Å²) in [6.45, 7) is 1.37. The molecular formula is C15H18N4O2S. The van der Waals surface area contributed by atoms with E-state index in [0.29, 0.717) is 18.8 Å². The molecule has 1 aromatic carbocycles. The molecule has 1 unspecified atom stereocenters. The van der Waals surface area contributed by atoms with Crippen molar-refractivity contribution in [3.63, 3.8) is 0 Å². The molecule has 2 N–H and O–H groups in total. The number of aromatic nitrogens is 2. The maximum atomic E-state index is 12.3. The third kappa shape index (κ3) is 3.68. The molecule has 2 heterocycles. The summed E-state index contributed by atoms with van der Waals surface area (Å²) in [4.78, 5) is 8.10. The topological polar surface area (TPSA) is 84.0 Å². The minimum absolute atomic E-state index is 0.0182. The first-order valence-corrected chi connectivity index (χ1v) is 8.84. The second-order valence-electron chi connectivity index (χ2n) is 5.23. The lowest BCUT2D eigenvalue weighted by molar-refractivity contribution is 0.503. The van der Waals surface area contributed by atoms with E-state index >= 15 is 0 Å². The van der Waals surface area contributed by atoms with Crippen molar-refractivity contribution in [3.8, 4) is 0 Å². The molecule has 2 aromatic rings.